The van der Waals surface area contributed by atoms with Crippen molar-refractivity contribution in [1.82, 2.24) is 20.3 Å². The van der Waals surface area contributed by atoms with E-state index in [2.05, 4.69) is 15.6 Å². The van der Waals surface area contributed by atoms with Crippen LogP contribution in [0.5, 0.6) is 0 Å². The van der Waals surface area contributed by atoms with Crippen molar-refractivity contribution in [2.24, 2.45) is 5.73 Å². The van der Waals surface area contributed by atoms with Gasteiger partial charge in [-0.05, 0) is 6.42 Å². The minimum Gasteiger partial charge on any atom is -0.382 e. The Bertz CT molecular complexity index is 731. The molecule has 12 nitrogen and oxygen atoms in total. The minimum absolute atomic E-state index is 0.0465. The Morgan fingerprint density at radius 2 is 1.76 bits per heavy atom. The van der Waals surface area contributed by atoms with Crippen LogP contribution in [0, 0.1) is 0 Å². The first-order valence-electron chi connectivity index (χ1n) is 12.5. The average Bonchev–Trinajstić information content (AvgIpc) is 3.37. The zero-order chi connectivity index (χ0) is 27.1. The Balaban J connectivity index is 2.08. The summed E-state index contributed by atoms with van der Waals surface area (Å²) in [5, 5.41) is 10.8. The van der Waals surface area contributed by atoms with Gasteiger partial charge in [0.25, 0.3) is 0 Å². The van der Waals surface area contributed by atoms with Crippen molar-refractivity contribution in [2.75, 3.05) is 60.5 Å². The SMILES string of the molecule is COCCOCC(COCCCCCCC(=O)NCc1cn(CCC(N)C(=O)[I-]F)nn1)OCCOC. The van der Waals surface area contributed by atoms with Crippen LogP contribution in [0.1, 0.15) is 44.2 Å². The van der Waals surface area contributed by atoms with Gasteiger partial charge in [-0.3, -0.25) is 0 Å². The Morgan fingerprint density at radius 1 is 1.05 bits per heavy atom. The summed E-state index contributed by atoms with van der Waals surface area (Å²) >= 11 is -1.99. The summed E-state index contributed by atoms with van der Waals surface area (Å²) in [6.07, 6.45) is 5.86. The quantitative estimate of drug-likeness (QED) is 0.0680. The summed E-state index contributed by atoms with van der Waals surface area (Å²) in [6.45, 7) is 4.20. The maximum atomic E-state index is 12.4. The Hall–Kier alpha value is -1.30. The molecule has 0 bridgehead atoms. The number of ether oxygens (including phenoxy) is 5. The molecule has 37 heavy (non-hydrogen) atoms. The van der Waals surface area contributed by atoms with Gasteiger partial charge in [0.1, 0.15) is 6.10 Å². The van der Waals surface area contributed by atoms with E-state index < -0.39 is 31.6 Å². The predicted molar refractivity (Wildman–Crippen MR) is 129 cm³/mol. The van der Waals surface area contributed by atoms with E-state index in [0.717, 1.165) is 25.7 Å². The fourth-order valence-corrected chi connectivity index (χ4v) is 3.72. The van der Waals surface area contributed by atoms with Gasteiger partial charge in [0.15, 0.2) is 0 Å². The Kier molecular flexibility index (Phi) is 20.7. The second-order valence-corrected chi connectivity index (χ2v) is 9.78. The van der Waals surface area contributed by atoms with Gasteiger partial charge in [-0.15, -0.1) is 0 Å². The van der Waals surface area contributed by atoms with E-state index in [-0.39, 0.29) is 18.6 Å². The molecule has 1 amide bonds. The summed E-state index contributed by atoms with van der Waals surface area (Å²) in [7, 11) is 3.26. The fourth-order valence-electron chi connectivity index (χ4n) is 3.10. The van der Waals surface area contributed by atoms with E-state index in [1.54, 1.807) is 20.4 Å². The maximum Gasteiger partial charge on any atom is 0.0706 e. The average molecular weight is 647 g/mol. The van der Waals surface area contributed by atoms with Crippen LogP contribution in [-0.4, -0.2) is 97.3 Å². The van der Waals surface area contributed by atoms with Crippen LogP contribution < -0.4 is 32.8 Å². The van der Waals surface area contributed by atoms with Gasteiger partial charge in [-0.2, -0.15) is 0 Å². The van der Waals surface area contributed by atoms with E-state index in [9.17, 15) is 12.4 Å². The van der Waals surface area contributed by atoms with E-state index in [4.69, 9.17) is 29.4 Å². The van der Waals surface area contributed by atoms with Gasteiger partial charge in [0.05, 0.1) is 39.6 Å². The van der Waals surface area contributed by atoms with Crippen LogP contribution in [0.3, 0.4) is 0 Å². The number of amides is 1. The molecule has 0 aromatic carbocycles. The number of aryl methyl sites for hydroxylation is 1. The third-order valence-electron chi connectivity index (χ3n) is 5.21. The van der Waals surface area contributed by atoms with Gasteiger partial charge in [0.2, 0.25) is 0 Å². The molecule has 0 radical (unpaired) electrons. The number of rotatable bonds is 25. The van der Waals surface area contributed by atoms with Crippen molar-refractivity contribution < 1.29 is 57.9 Å². The number of hydrogen-bond acceptors (Lipinski definition) is 10. The topological polar surface area (TPSA) is 149 Å². The molecule has 216 valence electrons. The number of carbonyl (C=O) groups is 2. The van der Waals surface area contributed by atoms with Crippen molar-refractivity contribution in [3.63, 3.8) is 0 Å². The van der Waals surface area contributed by atoms with Crippen molar-refractivity contribution in [2.45, 2.75) is 63.8 Å². The van der Waals surface area contributed by atoms with E-state index >= 15 is 0 Å². The monoisotopic (exact) mass is 646 g/mol. The number of aromatic nitrogens is 3. The van der Waals surface area contributed by atoms with Crippen LogP contribution in [0.4, 0.5) is 2.86 Å². The molecule has 3 N–H and O–H groups in total. The zero-order valence-electron chi connectivity index (χ0n) is 21.9. The molecule has 2 unspecified atom stereocenters. The molecule has 0 aliphatic heterocycles. The first-order valence-corrected chi connectivity index (χ1v) is 14.4. The number of nitrogens with zero attached hydrogens (tertiary/aromatic N) is 3. The largest absolute Gasteiger partial charge is 0.382 e. The first kappa shape index (κ1) is 33.7. The number of nitrogens with two attached hydrogens (primary N) is 1. The summed E-state index contributed by atoms with van der Waals surface area (Å²) in [6, 6.07) is -0.806. The number of nitrogens with one attached hydrogen (secondary N) is 1. The zero-order valence-corrected chi connectivity index (χ0v) is 24.0. The van der Waals surface area contributed by atoms with Crippen LogP contribution in [0.2, 0.25) is 0 Å². The molecule has 1 rings (SSSR count). The van der Waals surface area contributed by atoms with Crippen LogP contribution in [-0.2, 0) is 46.4 Å². The minimum atomic E-state index is -1.99. The summed E-state index contributed by atoms with van der Waals surface area (Å²) in [5.41, 5.74) is 6.23. The second kappa shape index (κ2) is 22.7. The third-order valence-corrected chi connectivity index (χ3v) is 6.41. The molecule has 2 atom stereocenters. The molecule has 0 aliphatic carbocycles. The third kappa shape index (κ3) is 17.8. The maximum absolute atomic E-state index is 12.4. The van der Waals surface area contributed by atoms with Gasteiger partial charge in [-0.25, -0.2) is 0 Å². The van der Waals surface area contributed by atoms with Crippen LogP contribution in [0.25, 0.3) is 0 Å². The number of halogens is 2. The predicted octanol–water partition coefficient (Wildman–Crippen LogP) is -2.23. The van der Waals surface area contributed by atoms with E-state index in [0.29, 0.717) is 71.3 Å². The molecule has 0 fully saturated rings. The number of hydrogen-bond donors (Lipinski definition) is 2. The van der Waals surface area contributed by atoms with Crippen molar-refractivity contribution in [3.8, 4) is 0 Å². The number of carbonyl (C=O) groups excluding carboxylic acids is 2. The van der Waals surface area contributed by atoms with Gasteiger partial charge < -0.3 is 23.7 Å². The van der Waals surface area contributed by atoms with Crippen molar-refractivity contribution in [3.05, 3.63) is 11.9 Å². The molecule has 1 aromatic rings. The van der Waals surface area contributed by atoms with Crippen LogP contribution >= 0.6 is 0 Å². The van der Waals surface area contributed by atoms with Gasteiger partial charge in [0, 0.05) is 20.8 Å². The van der Waals surface area contributed by atoms with Gasteiger partial charge >= 0.3 is 120 Å². The molecule has 0 spiro atoms. The Morgan fingerprint density at radius 3 is 2.49 bits per heavy atom. The normalized spacial score (nSPS) is 13.1. The smallest absolute Gasteiger partial charge is 0.0706 e. The van der Waals surface area contributed by atoms with Crippen LogP contribution in [0.15, 0.2) is 6.20 Å². The van der Waals surface area contributed by atoms with Crippen molar-refractivity contribution >= 4 is 9.70 Å². The molecule has 1 aromatic heterocycles. The molecule has 14 heteroatoms. The van der Waals surface area contributed by atoms with Gasteiger partial charge in [-0.1, -0.05) is 12.8 Å². The summed E-state index contributed by atoms with van der Waals surface area (Å²) in [5.74, 6) is -0.0465. The van der Waals surface area contributed by atoms with Crippen molar-refractivity contribution in [1.29, 1.82) is 0 Å². The number of unbranched alkanes of at least 4 members (excludes halogenated alkanes) is 3. The molecule has 1 heterocycles. The van der Waals surface area contributed by atoms with E-state index in [1.165, 1.54) is 4.68 Å². The first-order chi connectivity index (χ1) is 18.0. The molecule has 0 aliphatic rings. The molecular formula is C23H42FIN5O7-. The summed E-state index contributed by atoms with van der Waals surface area (Å²) in [4.78, 5) is 23.3. The van der Waals surface area contributed by atoms with E-state index in [1.807, 2.05) is 0 Å². The standard InChI is InChI=1S/C23H42FIN5O7/c1-33-11-13-36-18-20(37-14-12-34-2)17-35-10-6-4-3-5-7-22(31)27-15-19-16-30(29-28-19)9-8-21(26)23(32)25-24/h16,20-21H,3-15,17-18,26H2,1-2H3,(H,27,31)/q-1. The summed E-state index contributed by atoms with van der Waals surface area (Å²) < 4.78 is 40.4. The molecule has 0 saturated heterocycles. The number of methoxy groups -OCH3 is 2. The Labute approximate surface area is 229 Å². The molecule has 0 saturated carbocycles. The molecular weight excluding hydrogens is 604 g/mol. The second-order valence-electron chi connectivity index (χ2n) is 8.31. The fraction of sp³-hybridized carbons (Fsp3) is 0.826.